The highest BCUT2D eigenvalue weighted by Crippen LogP contribution is 2.15. The Morgan fingerprint density at radius 3 is 2.61 bits per heavy atom. The molecule has 0 amide bonds. The molecule has 4 nitrogen and oxygen atoms in total. The quantitative estimate of drug-likeness (QED) is 0.570. The lowest BCUT2D eigenvalue weighted by atomic mass is 10.1. The summed E-state index contributed by atoms with van der Waals surface area (Å²) in [5, 5.41) is 0. The van der Waals surface area contributed by atoms with Gasteiger partial charge in [0.2, 0.25) is 0 Å². The van der Waals surface area contributed by atoms with Crippen molar-refractivity contribution >= 4 is 12.3 Å². The van der Waals surface area contributed by atoms with Gasteiger partial charge in [-0.2, -0.15) is 0 Å². The van der Waals surface area contributed by atoms with E-state index in [2.05, 4.69) is 17.1 Å². The van der Waals surface area contributed by atoms with Crippen molar-refractivity contribution in [1.82, 2.24) is 0 Å². The molecule has 2 rings (SSSR count). The molecule has 0 bridgehead atoms. The first-order valence-corrected chi connectivity index (χ1v) is 7.71. The fourth-order valence-corrected chi connectivity index (χ4v) is 2.06. The van der Waals surface area contributed by atoms with Gasteiger partial charge in [0.15, 0.2) is 6.29 Å². The van der Waals surface area contributed by atoms with Crippen LogP contribution in [0.4, 0.5) is 0 Å². The second-order valence-corrected chi connectivity index (χ2v) is 4.96. The molecular weight excluding hydrogens is 290 g/mol. The van der Waals surface area contributed by atoms with Crippen LogP contribution in [0.3, 0.4) is 0 Å². The number of ether oxygens (including phenoxy) is 3. The van der Waals surface area contributed by atoms with Gasteiger partial charge >= 0.3 is 0 Å². The Kier molecular flexibility index (Phi) is 7.30. The number of aliphatic imine (C=N–C) groups is 1. The first-order chi connectivity index (χ1) is 11.3. The zero-order valence-electron chi connectivity index (χ0n) is 13.6. The minimum absolute atomic E-state index is 0.247. The lowest BCUT2D eigenvalue weighted by molar-refractivity contribution is -0.0684. The maximum Gasteiger partial charge on any atom is 0.191 e. The minimum Gasteiger partial charge on any atom is -0.488 e. The van der Waals surface area contributed by atoms with E-state index in [1.54, 1.807) is 13.3 Å². The molecule has 1 fully saturated rings. The van der Waals surface area contributed by atoms with E-state index in [9.17, 15) is 0 Å². The van der Waals surface area contributed by atoms with Crippen molar-refractivity contribution < 1.29 is 14.2 Å². The molecule has 0 saturated carbocycles. The first-order valence-electron chi connectivity index (χ1n) is 7.71. The molecule has 1 heterocycles. The van der Waals surface area contributed by atoms with Crippen LogP contribution in [0.1, 0.15) is 12.5 Å². The van der Waals surface area contributed by atoms with E-state index in [1.807, 2.05) is 49.4 Å². The number of hydrogen-bond donors (Lipinski definition) is 0. The summed E-state index contributed by atoms with van der Waals surface area (Å²) in [5.41, 5.74) is 2.20. The molecule has 0 aromatic heterocycles. The summed E-state index contributed by atoms with van der Waals surface area (Å²) in [6, 6.07) is 7.93. The first kappa shape index (κ1) is 17.2. The molecule has 0 spiro atoms. The second-order valence-electron chi connectivity index (χ2n) is 4.96. The van der Waals surface area contributed by atoms with Gasteiger partial charge in [0.25, 0.3) is 0 Å². The second kappa shape index (κ2) is 9.77. The normalized spacial score (nSPS) is 17.0. The summed E-state index contributed by atoms with van der Waals surface area (Å²) in [5.74, 6) is 0.809. The Bertz CT molecular complexity index is 579. The minimum atomic E-state index is -0.247. The van der Waals surface area contributed by atoms with Gasteiger partial charge in [-0.3, -0.25) is 4.99 Å². The summed E-state index contributed by atoms with van der Waals surface area (Å²) in [6.07, 6.45) is 11.7. The fraction of sp³-hybridized carbons (Fsp3) is 0.316. The third-order valence-corrected chi connectivity index (χ3v) is 3.20. The van der Waals surface area contributed by atoms with Crippen LogP contribution in [0.2, 0.25) is 0 Å². The Labute approximate surface area is 137 Å². The van der Waals surface area contributed by atoms with Crippen LogP contribution in [0.15, 0.2) is 59.1 Å². The number of hydrogen-bond acceptors (Lipinski definition) is 4. The lowest BCUT2D eigenvalue weighted by Gasteiger charge is -2.10. The Morgan fingerprint density at radius 2 is 1.96 bits per heavy atom. The van der Waals surface area contributed by atoms with Crippen molar-refractivity contribution in [3.8, 4) is 5.75 Å². The van der Waals surface area contributed by atoms with Crippen LogP contribution in [0.25, 0.3) is 6.08 Å². The maximum atomic E-state index is 5.65. The number of allylic oxidation sites excluding steroid dienone is 5. The zero-order valence-corrected chi connectivity index (χ0v) is 13.6. The average Bonchev–Trinajstić information content (AvgIpc) is 3.10. The third-order valence-electron chi connectivity index (χ3n) is 3.20. The van der Waals surface area contributed by atoms with Gasteiger partial charge in [-0.15, -0.1) is 0 Å². The monoisotopic (exact) mass is 313 g/mol. The highest BCUT2D eigenvalue weighted by molar-refractivity contribution is 5.74. The van der Waals surface area contributed by atoms with Crippen molar-refractivity contribution in [2.75, 3.05) is 26.9 Å². The SMILES string of the molecule is C\C=C/C(/C=C/c1ccc(OCC2OCCO2)cc1)=C\C=NC. The van der Waals surface area contributed by atoms with Crippen molar-refractivity contribution in [1.29, 1.82) is 0 Å². The predicted octanol–water partition coefficient (Wildman–Crippen LogP) is 3.65. The van der Waals surface area contributed by atoms with E-state index in [-0.39, 0.29) is 6.29 Å². The molecule has 0 aliphatic carbocycles. The fourth-order valence-electron chi connectivity index (χ4n) is 2.06. The molecular formula is C19H23NO3. The molecule has 0 atom stereocenters. The molecule has 0 radical (unpaired) electrons. The molecule has 122 valence electrons. The Hall–Kier alpha value is -2.17. The van der Waals surface area contributed by atoms with E-state index in [1.165, 1.54) is 0 Å². The Morgan fingerprint density at radius 1 is 1.22 bits per heavy atom. The molecule has 1 aromatic rings. The van der Waals surface area contributed by atoms with E-state index in [0.717, 1.165) is 16.9 Å². The van der Waals surface area contributed by atoms with Crippen molar-refractivity contribution in [3.63, 3.8) is 0 Å². The summed E-state index contributed by atoms with van der Waals surface area (Å²) < 4.78 is 16.3. The van der Waals surface area contributed by atoms with Gasteiger partial charge in [-0.1, -0.05) is 36.4 Å². The molecule has 1 saturated heterocycles. The van der Waals surface area contributed by atoms with Crippen LogP contribution < -0.4 is 4.74 Å². The van der Waals surface area contributed by atoms with Crippen LogP contribution in [-0.4, -0.2) is 39.4 Å². The van der Waals surface area contributed by atoms with E-state index in [0.29, 0.717) is 19.8 Å². The lowest BCUT2D eigenvalue weighted by Crippen LogP contribution is -2.18. The van der Waals surface area contributed by atoms with Crippen molar-refractivity contribution in [2.24, 2.45) is 4.99 Å². The van der Waals surface area contributed by atoms with Crippen LogP contribution in [-0.2, 0) is 9.47 Å². The molecule has 4 heteroatoms. The predicted molar refractivity (Wildman–Crippen MR) is 94.0 cm³/mol. The van der Waals surface area contributed by atoms with Crippen LogP contribution in [0.5, 0.6) is 5.75 Å². The molecule has 23 heavy (non-hydrogen) atoms. The topological polar surface area (TPSA) is 40.0 Å². The average molecular weight is 313 g/mol. The number of rotatable bonds is 7. The molecule has 1 aliphatic heterocycles. The maximum absolute atomic E-state index is 5.65. The zero-order chi connectivity index (χ0) is 16.3. The van der Waals surface area contributed by atoms with Gasteiger partial charge in [-0.25, -0.2) is 0 Å². The number of nitrogens with zero attached hydrogens (tertiary/aromatic N) is 1. The summed E-state index contributed by atoms with van der Waals surface area (Å²) in [7, 11) is 1.76. The summed E-state index contributed by atoms with van der Waals surface area (Å²) >= 11 is 0. The largest absolute Gasteiger partial charge is 0.488 e. The van der Waals surface area contributed by atoms with Gasteiger partial charge in [0.1, 0.15) is 12.4 Å². The molecule has 0 N–H and O–H groups in total. The standard InChI is InChI=1S/C19H23NO3/c1-3-4-16(11-12-20-2)5-6-17-7-9-18(10-8-17)23-15-19-21-13-14-22-19/h3-12,19H,13-15H2,1-2H3/b4-3-,6-5+,16-11+,20-12?. The molecule has 0 unspecified atom stereocenters. The molecule has 1 aromatic carbocycles. The van der Waals surface area contributed by atoms with Gasteiger partial charge in [-0.05, 0) is 36.3 Å². The molecule has 1 aliphatic rings. The van der Waals surface area contributed by atoms with E-state index >= 15 is 0 Å². The number of benzene rings is 1. The third kappa shape index (κ3) is 6.22. The van der Waals surface area contributed by atoms with Crippen molar-refractivity contribution in [3.05, 3.63) is 59.7 Å². The van der Waals surface area contributed by atoms with Crippen molar-refractivity contribution in [2.45, 2.75) is 13.2 Å². The Balaban J connectivity index is 1.91. The van der Waals surface area contributed by atoms with Gasteiger partial charge in [0, 0.05) is 13.3 Å². The van der Waals surface area contributed by atoms with Gasteiger partial charge in [0.05, 0.1) is 13.2 Å². The smallest absolute Gasteiger partial charge is 0.191 e. The summed E-state index contributed by atoms with van der Waals surface area (Å²) in [4.78, 5) is 3.97. The van der Waals surface area contributed by atoms with E-state index < -0.39 is 0 Å². The summed E-state index contributed by atoms with van der Waals surface area (Å²) in [6.45, 7) is 3.69. The van der Waals surface area contributed by atoms with Gasteiger partial charge < -0.3 is 14.2 Å². The highest BCUT2D eigenvalue weighted by atomic mass is 16.7. The highest BCUT2D eigenvalue weighted by Gasteiger charge is 2.16. The van der Waals surface area contributed by atoms with Crippen LogP contribution in [0, 0.1) is 0 Å². The van der Waals surface area contributed by atoms with Crippen LogP contribution >= 0.6 is 0 Å². The van der Waals surface area contributed by atoms with E-state index in [4.69, 9.17) is 14.2 Å².